The van der Waals surface area contributed by atoms with E-state index in [9.17, 15) is 4.79 Å². The average molecular weight is 272 g/mol. The number of rotatable bonds is 3. The lowest BCUT2D eigenvalue weighted by molar-refractivity contribution is -0.142. The fourth-order valence-electron chi connectivity index (χ4n) is 2.43. The van der Waals surface area contributed by atoms with E-state index in [-0.39, 0.29) is 18.1 Å². The Kier molecular flexibility index (Phi) is 3.52. The van der Waals surface area contributed by atoms with Crippen LogP contribution in [0.4, 0.5) is 0 Å². The summed E-state index contributed by atoms with van der Waals surface area (Å²) in [5.41, 5.74) is 0.942. The number of methoxy groups -OCH3 is 1. The third kappa shape index (κ3) is 2.58. The third-order valence-corrected chi connectivity index (χ3v) is 3.45. The van der Waals surface area contributed by atoms with Gasteiger partial charge in [-0.05, 0) is 24.3 Å². The van der Waals surface area contributed by atoms with Crippen LogP contribution >= 0.6 is 0 Å². The molecule has 2 heterocycles. The van der Waals surface area contributed by atoms with Crippen LogP contribution in [0.25, 0.3) is 10.9 Å². The van der Waals surface area contributed by atoms with Gasteiger partial charge in [-0.2, -0.15) is 0 Å². The Balaban J connectivity index is 1.69. The molecule has 2 aromatic rings. The Morgan fingerprint density at radius 3 is 3.15 bits per heavy atom. The highest BCUT2D eigenvalue weighted by Crippen LogP contribution is 2.22. The number of carbonyl (C=O) groups is 1. The van der Waals surface area contributed by atoms with Crippen LogP contribution in [0, 0.1) is 0 Å². The van der Waals surface area contributed by atoms with Crippen molar-refractivity contribution in [3.63, 3.8) is 0 Å². The molecule has 1 aliphatic rings. The number of nitrogens with zero attached hydrogens (tertiary/aromatic N) is 1. The summed E-state index contributed by atoms with van der Waals surface area (Å²) in [6.45, 7) is 0.644. The van der Waals surface area contributed by atoms with E-state index >= 15 is 0 Å². The van der Waals surface area contributed by atoms with Crippen molar-refractivity contribution >= 4 is 16.9 Å². The summed E-state index contributed by atoms with van der Waals surface area (Å²) in [6.07, 6.45) is 2.37. The second-order valence-corrected chi connectivity index (χ2v) is 4.82. The van der Waals surface area contributed by atoms with Crippen LogP contribution in [0.2, 0.25) is 0 Å². The summed E-state index contributed by atoms with van der Waals surface area (Å²) in [5.74, 6) is 0.557. The van der Waals surface area contributed by atoms with Gasteiger partial charge in [0.1, 0.15) is 17.9 Å². The Hall–Kier alpha value is -2.14. The largest absolute Gasteiger partial charge is 0.489 e. The predicted octanol–water partition coefficient (Wildman–Crippen LogP) is 1.52. The highest BCUT2D eigenvalue weighted by atomic mass is 16.5. The van der Waals surface area contributed by atoms with Gasteiger partial charge in [-0.3, -0.25) is 9.78 Å². The first kappa shape index (κ1) is 12.9. The Morgan fingerprint density at radius 1 is 1.40 bits per heavy atom. The van der Waals surface area contributed by atoms with Crippen LogP contribution in [0.15, 0.2) is 36.5 Å². The first-order chi connectivity index (χ1) is 9.76. The third-order valence-electron chi connectivity index (χ3n) is 3.45. The van der Waals surface area contributed by atoms with E-state index in [1.165, 1.54) is 7.11 Å². The van der Waals surface area contributed by atoms with Crippen molar-refractivity contribution in [2.24, 2.45) is 0 Å². The van der Waals surface area contributed by atoms with Crippen molar-refractivity contribution in [3.8, 4) is 5.75 Å². The minimum absolute atomic E-state index is 0.0202. The molecule has 0 saturated carbocycles. The molecule has 1 fully saturated rings. The van der Waals surface area contributed by atoms with Crippen LogP contribution in [0.5, 0.6) is 5.75 Å². The molecule has 1 aromatic carbocycles. The van der Waals surface area contributed by atoms with Crippen molar-refractivity contribution in [1.82, 2.24) is 10.3 Å². The number of aromatic nitrogens is 1. The second kappa shape index (κ2) is 5.46. The number of pyridine rings is 1. The van der Waals surface area contributed by atoms with Gasteiger partial charge >= 0.3 is 5.97 Å². The van der Waals surface area contributed by atoms with Gasteiger partial charge in [-0.1, -0.05) is 6.07 Å². The maximum Gasteiger partial charge on any atom is 0.323 e. The lowest BCUT2D eigenvalue weighted by Gasteiger charge is -2.13. The van der Waals surface area contributed by atoms with Gasteiger partial charge in [0, 0.05) is 24.5 Å². The van der Waals surface area contributed by atoms with E-state index in [1.54, 1.807) is 6.20 Å². The number of carbonyl (C=O) groups excluding carboxylic acids is 1. The lowest BCUT2D eigenvalue weighted by Crippen LogP contribution is -2.31. The molecular formula is C15H16N2O3. The monoisotopic (exact) mass is 272 g/mol. The van der Waals surface area contributed by atoms with E-state index in [4.69, 9.17) is 9.47 Å². The molecule has 1 aromatic heterocycles. The summed E-state index contributed by atoms with van der Waals surface area (Å²) < 4.78 is 10.6. The van der Waals surface area contributed by atoms with E-state index < -0.39 is 0 Å². The summed E-state index contributed by atoms with van der Waals surface area (Å²) in [5, 5.41) is 4.15. The minimum atomic E-state index is -0.271. The van der Waals surface area contributed by atoms with Gasteiger partial charge in [-0.25, -0.2) is 0 Å². The van der Waals surface area contributed by atoms with E-state index in [2.05, 4.69) is 10.3 Å². The Labute approximate surface area is 116 Å². The molecule has 0 amide bonds. The second-order valence-electron chi connectivity index (χ2n) is 4.82. The van der Waals surface area contributed by atoms with Crippen molar-refractivity contribution in [3.05, 3.63) is 36.5 Å². The minimum Gasteiger partial charge on any atom is -0.489 e. The highest BCUT2D eigenvalue weighted by molar-refractivity contribution is 5.79. The average Bonchev–Trinajstić information content (AvgIpc) is 2.95. The summed E-state index contributed by atoms with van der Waals surface area (Å²) in [4.78, 5) is 15.7. The molecule has 2 atom stereocenters. The molecule has 0 radical (unpaired) electrons. The molecule has 5 heteroatoms. The van der Waals surface area contributed by atoms with Crippen LogP contribution < -0.4 is 10.1 Å². The number of ether oxygens (including phenoxy) is 2. The van der Waals surface area contributed by atoms with Gasteiger partial charge in [0.2, 0.25) is 0 Å². The van der Waals surface area contributed by atoms with E-state index in [1.807, 2.05) is 30.3 Å². The molecule has 1 N–H and O–H groups in total. The molecule has 2 unspecified atom stereocenters. The highest BCUT2D eigenvalue weighted by Gasteiger charge is 2.31. The standard InChI is InChI=1S/C15H16N2O3/c1-19-15(18)14-8-12(9-17-14)20-11-4-5-13-10(7-11)3-2-6-16-13/h2-7,12,14,17H,8-9H2,1H3. The number of benzene rings is 1. The van der Waals surface area contributed by atoms with Crippen molar-refractivity contribution < 1.29 is 14.3 Å². The topological polar surface area (TPSA) is 60.5 Å². The fourth-order valence-corrected chi connectivity index (χ4v) is 2.43. The number of esters is 1. The van der Waals surface area contributed by atoms with Gasteiger partial charge < -0.3 is 14.8 Å². The smallest absolute Gasteiger partial charge is 0.323 e. The van der Waals surface area contributed by atoms with Gasteiger partial charge in [-0.15, -0.1) is 0 Å². The van der Waals surface area contributed by atoms with Crippen LogP contribution in [-0.2, 0) is 9.53 Å². The predicted molar refractivity (Wildman–Crippen MR) is 74.6 cm³/mol. The summed E-state index contributed by atoms with van der Waals surface area (Å²) in [6, 6.07) is 9.43. The lowest BCUT2D eigenvalue weighted by atomic mass is 10.2. The van der Waals surface area contributed by atoms with Gasteiger partial charge in [0.15, 0.2) is 0 Å². The van der Waals surface area contributed by atoms with Crippen LogP contribution in [0.3, 0.4) is 0 Å². The summed E-state index contributed by atoms with van der Waals surface area (Å²) in [7, 11) is 1.40. The molecular weight excluding hydrogens is 256 g/mol. The zero-order chi connectivity index (χ0) is 13.9. The molecule has 1 saturated heterocycles. The van der Waals surface area contributed by atoms with E-state index in [0.29, 0.717) is 13.0 Å². The Morgan fingerprint density at radius 2 is 2.30 bits per heavy atom. The van der Waals surface area contributed by atoms with E-state index in [0.717, 1.165) is 16.7 Å². The SMILES string of the molecule is COC(=O)C1CC(Oc2ccc3ncccc3c2)CN1. The zero-order valence-electron chi connectivity index (χ0n) is 11.2. The Bertz CT molecular complexity index is 629. The molecule has 20 heavy (non-hydrogen) atoms. The normalized spacial score (nSPS) is 21.9. The first-order valence-electron chi connectivity index (χ1n) is 6.59. The zero-order valence-corrected chi connectivity index (χ0v) is 11.2. The molecule has 5 nitrogen and oxygen atoms in total. The van der Waals surface area contributed by atoms with Crippen molar-refractivity contribution in [1.29, 1.82) is 0 Å². The van der Waals surface area contributed by atoms with Gasteiger partial charge in [0.05, 0.1) is 12.6 Å². The van der Waals surface area contributed by atoms with Crippen molar-refractivity contribution in [2.45, 2.75) is 18.6 Å². The molecule has 3 rings (SSSR count). The number of hydrogen-bond acceptors (Lipinski definition) is 5. The van der Waals surface area contributed by atoms with Crippen LogP contribution in [0.1, 0.15) is 6.42 Å². The van der Waals surface area contributed by atoms with Crippen molar-refractivity contribution in [2.75, 3.05) is 13.7 Å². The molecule has 104 valence electrons. The quantitative estimate of drug-likeness (QED) is 0.858. The maximum absolute atomic E-state index is 11.4. The number of hydrogen-bond donors (Lipinski definition) is 1. The molecule has 1 aliphatic heterocycles. The molecule has 0 aliphatic carbocycles. The summed E-state index contributed by atoms with van der Waals surface area (Å²) >= 11 is 0. The maximum atomic E-state index is 11.4. The molecule has 0 bridgehead atoms. The fraction of sp³-hybridized carbons (Fsp3) is 0.333. The van der Waals surface area contributed by atoms with Gasteiger partial charge in [0.25, 0.3) is 0 Å². The molecule has 0 spiro atoms. The first-order valence-corrected chi connectivity index (χ1v) is 6.59. The number of fused-ring (bicyclic) bond motifs is 1. The number of nitrogens with one attached hydrogen (secondary N) is 1. The van der Waals surface area contributed by atoms with Crippen LogP contribution in [-0.4, -0.2) is 36.8 Å².